The van der Waals surface area contributed by atoms with Crippen LogP contribution in [0.15, 0.2) is 12.7 Å². The van der Waals surface area contributed by atoms with E-state index < -0.39 is 5.97 Å². The molecular weight excluding hydrogens is 322 g/mol. The van der Waals surface area contributed by atoms with E-state index in [9.17, 15) is 14.4 Å². The van der Waals surface area contributed by atoms with Gasteiger partial charge < -0.3 is 19.9 Å². The van der Waals surface area contributed by atoms with Crippen molar-refractivity contribution in [3.63, 3.8) is 0 Å². The number of carbonyl (C=O) groups excluding carboxylic acids is 3. The molecule has 0 bridgehead atoms. The number of ether oxygens (including phenoxy) is 1. The third-order valence-corrected chi connectivity index (χ3v) is 3.58. The molecule has 0 unspecified atom stereocenters. The smallest absolute Gasteiger partial charge is 0.355 e. The fraction of sp³-hybridized carbons (Fsp3) is 0.500. The summed E-state index contributed by atoms with van der Waals surface area (Å²) < 4.78 is 4.99. The summed E-state index contributed by atoms with van der Waals surface area (Å²) in [5.74, 6) is -0.745. The zero-order chi connectivity index (χ0) is 19.1. The molecule has 2 amide bonds. The van der Waals surface area contributed by atoms with Crippen molar-refractivity contribution in [2.45, 2.75) is 40.7 Å². The molecule has 7 nitrogen and oxygen atoms in total. The van der Waals surface area contributed by atoms with Gasteiger partial charge in [-0.1, -0.05) is 6.08 Å². The van der Waals surface area contributed by atoms with Gasteiger partial charge in [0.2, 0.25) is 0 Å². The number of ketones is 1. The number of carbonyl (C=O) groups is 3. The van der Waals surface area contributed by atoms with Crippen LogP contribution >= 0.6 is 0 Å². The number of aromatic amines is 1. The second-order valence-electron chi connectivity index (χ2n) is 6.04. The first-order valence-corrected chi connectivity index (χ1v) is 8.28. The standard InChI is InChI=1S/C18H27N3O4/c1-7-9-21(18(24)19-11(3)4)10-14(22)15-12(5)16(20-13(15)6)17(23)25-8-2/h7,11,20H,1,8-10H2,2-6H3,(H,19,24). The third kappa shape index (κ3) is 5.20. The SMILES string of the molecule is C=CCN(CC(=O)c1c(C)[nH]c(C(=O)OCC)c1C)C(=O)NC(C)C. The minimum absolute atomic E-state index is 0.0407. The van der Waals surface area contributed by atoms with Crippen LogP contribution in [-0.4, -0.2) is 53.4 Å². The minimum Gasteiger partial charge on any atom is -0.461 e. The van der Waals surface area contributed by atoms with E-state index in [1.807, 2.05) is 13.8 Å². The number of amides is 2. The Bertz CT molecular complexity index is 662. The van der Waals surface area contributed by atoms with E-state index in [1.165, 1.54) is 4.90 Å². The number of nitrogens with one attached hydrogen (secondary N) is 2. The Morgan fingerprint density at radius 2 is 1.96 bits per heavy atom. The molecule has 0 aromatic carbocycles. The van der Waals surface area contributed by atoms with Crippen molar-refractivity contribution >= 4 is 17.8 Å². The molecule has 0 saturated carbocycles. The number of urea groups is 1. The molecule has 1 aromatic heterocycles. The lowest BCUT2D eigenvalue weighted by molar-refractivity contribution is 0.0519. The van der Waals surface area contributed by atoms with E-state index in [-0.39, 0.29) is 43.2 Å². The maximum Gasteiger partial charge on any atom is 0.355 e. The summed E-state index contributed by atoms with van der Waals surface area (Å²) >= 11 is 0. The Kier molecular flexibility index (Phi) is 7.42. The van der Waals surface area contributed by atoms with Crippen LogP contribution in [0.2, 0.25) is 0 Å². The highest BCUT2D eigenvalue weighted by atomic mass is 16.5. The quantitative estimate of drug-likeness (QED) is 0.429. The summed E-state index contributed by atoms with van der Waals surface area (Å²) in [6.07, 6.45) is 1.56. The predicted octanol–water partition coefficient (Wildman–Crippen LogP) is 2.60. The first-order valence-electron chi connectivity index (χ1n) is 8.28. The highest BCUT2D eigenvalue weighted by Crippen LogP contribution is 2.20. The fourth-order valence-corrected chi connectivity index (χ4v) is 2.54. The lowest BCUT2D eigenvalue weighted by atomic mass is 10.1. The lowest BCUT2D eigenvalue weighted by Gasteiger charge is -2.22. The molecule has 1 rings (SSSR count). The number of Topliss-reactive ketones (excluding diaryl/α,β-unsaturated/α-hetero) is 1. The molecule has 25 heavy (non-hydrogen) atoms. The van der Waals surface area contributed by atoms with Crippen molar-refractivity contribution < 1.29 is 19.1 Å². The van der Waals surface area contributed by atoms with Gasteiger partial charge in [-0.2, -0.15) is 0 Å². The van der Waals surface area contributed by atoms with E-state index >= 15 is 0 Å². The zero-order valence-corrected chi connectivity index (χ0v) is 15.6. The number of aromatic nitrogens is 1. The largest absolute Gasteiger partial charge is 0.461 e. The molecule has 0 aliphatic heterocycles. The van der Waals surface area contributed by atoms with Gasteiger partial charge in [0.05, 0.1) is 13.2 Å². The molecule has 2 N–H and O–H groups in total. The molecule has 0 saturated heterocycles. The first kappa shape index (κ1) is 20.5. The maximum absolute atomic E-state index is 12.7. The molecule has 1 aromatic rings. The molecular formula is C18H27N3O4. The van der Waals surface area contributed by atoms with Crippen LogP contribution in [0.1, 0.15) is 52.9 Å². The Morgan fingerprint density at radius 1 is 1.32 bits per heavy atom. The first-order chi connectivity index (χ1) is 11.7. The highest BCUT2D eigenvalue weighted by molar-refractivity contribution is 6.04. The number of esters is 1. The second kappa shape index (κ2) is 9.05. The van der Waals surface area contributed by atoms with Crippen LogP contribution < -0.4 is 5.32 Å². The Balaban J connectivity index is 3.03. The van der Waals surface area contributed by atoms with Crippen LogP contribution in [0, 0.1) is 13.8 Å². The molecule has 7 heteroatoms. The van der Waals surface area contributed by atoms with E-state index in [2.05, 4.69) is 16.9 Å². The van der Waals surface area contributed by atoms with Crippen molar-refractivity contribution in [2.24, 2.45) is 0 Å². The van der Waals surface area contributed by atoms with Gasteiger partial charge in [-0.05, 0) is 40.2 Å². The van der Waals surface area contributed by atoms with E-state index in [0.717, 1.165) is 0 Å². The number of aryl methyl sites for hydroxylation is 1. The number of hydrogen-bond acceptors (Lipinski definition) is 4. The van der Waals surface area contributed by atoms with Gasteiger partial charge in [-0.25, -0.2) is 9.59 Å². The topological polar surface area (TPSA) is 91.5 Å². The minimum atomic E-state index is -0.498. The van der Waals surface area contributed by atoms with Crippen LogP contribution in [0.25, 0.3) is 0 Å². The van der Waals surface area contributed by atoms with Gasteiger partial charge in [-0.3, -0.25) is 4.79 Å². The maximum atomic E-state index is 12.7. The fourth-order valence-electron chi connectivity index (χ4n) is 2.54. The molecule has 0 aliphatic carbocycles. The zero-order valence-electron chi connectivity index (χ0n) is 15.6. The van der Waals surface area contributed by atoms with E-state index in [0.29, 0.717) is 16.8 Å². The number of hydrogen-bond donors (Lipinski definition) is 2. The molecule has 138 valence electrons. The normalized spacial score (nSPS) is 10.5. The van der Waals surface area contributed by atoms with E-state index in [4.69, 9.17) is 4.74 Å². The van der Waals surface area contributed by atoms with Gasteiger partial charge in [0, 0.05) is 23.8 Å². The van der Waals surface area contributed by atoms with Crippen molar-refractivity contribution in [3.8, 4) is 0 Å². The van der Waals surface area contributed by atoms with Crippen molar-refractivity contribution in [1.29, 1.82) is 0 Å². The summed E-state index contributed by atoms with van der Waals surface area (Å²) in [5, 5.41) is 2.76. The van der Waals surface area contributed by atoms with Gasteiger partial charge >= 0.3 is 12.0 Å². The molecule has 0 radical (unpaired) electrons. The van der Waals surface area contributed by atoms with Crippen LogP contribution in [0.5, 0.6) is 0 Å². The Hall–Kier alpha value is -2.57. The molecule has 0 spiro atoms. The average Bonchev–Trinajstić information content (AvgIpc) is 2.81. The Labute approximate surface area is 148 Å². The van der Waals surface area contributed by atoms with Crippen molar-refractivity contribution in [3.05, 3.63) is 35.2 Å². The predicted molar refractivity (Wildman–Crippen MR) is 96.0 cm³/mol. The summed E-state index contributed by atoms with van der Waals surface area (Å²) in [4.78, 5) is 41.2. The van der Waals surface area contributed by atoms with Crippen molar-refractivity contribution in [2.75, 3.05) is 19.7 Å². The molecule has 0 aliphatic rings. The lowest BCUT2D eigenvalue weighted by Crippen LogP contribution is -2.45. The van der Waals surface area contributed by atoms with Crippen LogP contribution in [0.4, 0.5) is 4.79 Å². The van der Waals surface area contributed by atoms with Gasteiger partial charge in [-0.15, -0.1) is 6.58 Å². The summed E-state index contributed by atoms with van der Waals surface area (Å²) in [7, 11) is 0. The van der Waals surface area contributed by atoms with Gasteiger partial charge in [0.15, 0.2) is 5.78 Å². The molecule has 1 heterocycles. The molecule has 0 fully saturated rings. The number of H-pyrrole nitrogens is 1. The number of rotatable bonds is 8. The van der Waals surface area contributed by atoms with Crippen LogP contribution in [-0.2, 0) is 4.74 Å². The summed E-state index contributed by atoms with van der Waals surface area (Å²) in [5.41, 5.74) is 1.79. The molecule has 0 atom stereocenters. The highest BCUT2D eigenvalue weighted by Gasteiger charge is 2.25. The third-order valence-electron chi connectivity index (χ3n) is 3.58. The monoisotopic (exact) mass is 349 g/mol. The van der Waals surface area contributed by atoms with Gasteiger partial charge in [0.1, 0.15) is 5.69 Å². The van der Waals surface area contributed by atoms with Gasteiger partial charge in [0.25, 0.3) is 0 Å². The average molecular weight is 349 g/mol. The Morgan fingerprint density at radius 3 is 2.48 bits per heavy atom. The van der Waals surface area contributed by atoms with Crippen molar-refractivity contribution in [1.82, 2.24) is 15.2 Å². The summed E-state index contributed by atoms with van der Waals surface area (Å²) in [6, 6.07) is -0.374. The number of nitrogens with zero attached hydrogens (tertiary/aromatic N) is 1. The van der Waals surface area contributed by atoms with E-state index in [1.54, 1.807) is 26.8 Å². The second-order valence-corrected chi connectivity index (χ2v) is 6.04. The summed E-state index contributed by atoms with van der Waals surface area (Å²) in [6.45, 7) is 12.8. The van der Waals surface area contributed by atoms with Crippen LogP contribution in [0.3, 0.4) is 0 Å².